The quantitative estimate of drug-likeness (QED) is 0.246. The Morgan fingerprint density at radius 1 is 0.610 bits per heavy atom. The van der Waals surface area contributed by atoms with E-state index in [1.165, 1.54) is 61.5 Å². The third-order valence-corrected chi connectivity index (χ3v) is 8.65. The van der Waals surface area contributed by atoms with Crippen LogP contribution in [0.25, 0.3) is 27.4 Å². The summed E-state index contributed by atoms with van der Waals surface area (Å²) in [6.45, 7) is 4.53. The Kier molecular flexibility index (Phi) is 5.39. The molecular weight excluding hydrogens is 498 g/mol. The molecule has 1 aliphatic carbocycles. The Morgan fingerprint density at radius 3 is 1.98 bits per heavy atom. The van der Waals surface area contributed by atoms with Crippen LogP contribution in [0, 0.1) is 6.92 Å². The zero-order chi connectivity index (χ0) is 27.5. The van der Waals surface area contributed by atoms with E-state index in [1.54, 1.807) is 0 Å². The van der Waals surface area contributed by atoms with Gasteiger partial charge >= 0.3 is 0 Å². The molecule has 2 aliphatic rings. The Labute approximate surface area is 240 Å². The van der Waals surface area contributed by atoms with Crippen LogP contribution in [0.4, 0.5) is 34.1 Å². The number of nitrogens with zero attached hydrogens (tertiary/aromatic N) is 2. The maximum absolute atomic E-state index is 3.70. The van der Waals surface area contributed by atoms with Crippen LogP contribution < -0.4 is 9.80 Å². The van der Waals surface area contributed by atoms with Gasteiger partial charge in [-0.05, 0) is 91.9 Å². The molecule has 3 heteroatoms. The molecule has 1 N–H and O–H groups in total. The predicted octanol–water partition coefficient (Wildman–Crippen LogP) is 11.0. The maximum Gasteiger partial charge on any atom is 0.0804 e. The first-order valence-corrected chi connectivity index (χ1v) is 14.4. The number of aromatic amines is 1. The second-order valence-electron chi connectivity index (χ2n) is 11.1. The molecule has 1 aliphatic heterocycles. The van der Waals surface area contributed by atoms with Crippen molar-refractivity contribution >= 4 is 61.5 Å². The van der Waals surface area contributed by atoms with Gasteiger partial charge in [0, 0.05) is 38.7 Å². The number of anilines is 6. The lowest BCUT2D eigenvalue weighted by Gasteiger charge is -2.42. The van der Waals surface area contributed by atoms with Crippen molar-refractivity contribution in [3.63, 3.8) is 0 Å². The first kappa shape index (κ1) is 23.8. The van der Waals surface area contributed by atoms with Crippen molar-refractivity contribution in [2.75, 3.05) is 9.80 Å². The van der Waals surface area contributed by atoms with E-state index in [4.69, 9.17) is 0 Å². The zero-order valence-corrected chi connectivity index (χ0v) is 23.4. The SMILES string of the molecule is CC1=C(c2c(C)ccc3c2N(c2ccccc2)c2ccc4[nH]c5ccccc5c4c2N3c2ccccc2)CCC=C1. The van der Waals surface area contributed by atoms with Gasteiger partial charge in [0.25, 0.3) is 0 Å². The standard InChI is InChI=1S/C38H31N3/c1-25-13-9-10-18-29(25)35-26(2)21-23-33-37(35)40(27-14-5-3-6-15-27)34-24-22-32-36(30-19-11-12-20-31(30)39-32)38(34)41(33)28-16-7-4-8-17-28/h3-9,11-17,19-24,39H,10,18H2,1-2H3. The minimum Gasteiger partial charge on any atom is -0.354 e. The molecule has 0 bridgehead atoms. The third-order valence-electron chi connectivity index (χ3n) is 8.65. The van der Waals surface area contributed by atoms with Crippen molar-refractivity contribution in [1.82, 2.24) is 4.98 Å². The summed E-state index contributed by atoms with van der Waals surface area (Å²) < 4.78 is 0. The summed E-state index contributed by atoms with van der Waals surface area (Å²) in [7, 11) is 0. The van der Waals surface area contributed by atoms with E-state index in [9.17, 15) is 0 Å². The van der Waals surface area contributed by atoms with E-state index in [-0.39, 0.29) is 0 Å². The van der Waals surface area contributed by atoms with Crippen LogP contribution in [-0.4, -0.2) is 4.98 Å². The largest absolute Gasteiger partial charge is 0.354 e. The molecule has 5 aromatic carbocycles. The highest BCUT2D eigenvalue weighted by molar-refractivity contribution is 6.21. The van der Waals surface area contributed by atoms with Crippen molar-refractivity contribution in [3.8, 4) is 0 Å². The number of aryl methyl sites for hydroxylation is 1. The molecule has 1 aromatic heterocycles. The summed E-state index contributed by atoms with van der Waals surface area (Å²) in [5.74, 6) is 0. The average molecular weight is 530 g/mol. The summed E-state index contributed by atoms with van der Waals surface area (Å²) >= 11 is 0. The number of rotatable bonds is 3. The number of hydrogen-bond acceptors (Lipinski definition) is 2. The summed E-state index contributed by atoms with van der Waals surface area (Å²) in [5.41, 5.74) is 14.9. The second kappa shape index (κ2) is 9.28. The van der Waals surface area contributed by atoms with Crippen LogP contribution in [0.5, 0.6) is 0 Å². The smallest absolute Gasteiger partial charge is 0.0804 e. The van der Waals surface area contributed by atoms with Crippen LogP contribution in [0.1, 0.15) is 30.9 Å². The first-order chi connectivity index (χ1) is 20.2. The molecule has 0 spiro atoms. The Hall–Kier alpha value is -5.02. The minimum absolute atomic E-state index is 1.04. The van der Waals surface area contributed by atoms with Crippen molar-refractivity contribution < 1.29 is 0 Å². The second-order valence-corrected chi connectivity index (χ2v) is 11.1. The topological polar surface area (TPSA) is 22.3 Å². The number of H-pyrrole nitrogens is 1. The number of allylic oxidation sites excluding steroid dienone is 4. The molecule has 0 amide bonds. The van der Waals surface area contributed by atoms with E-state index in [1.807, 2.05) is 0 Å². The number of hydrogen-bond donors (Lipinski definition) is 1. The molecule has 0 unspecified atom stereocenters. The molecule has 8 rings (SSSR count). The van der Waals surface area contributed by atoms with Crippen molar-refractivity contribution in [2.24, 2.45) is 0 Å². The van der Waals surface area contributed by atoms with Gasteiger partial charge in [-0.2, -0.15) is 0 Å². The van der Waals surface area contributed by atoms with E-state index in [0.29, 0.717) is 0 Å². The van der Waals surface area contributed by atoms with Gasteiger partial charge < -0.3 is 14.8 Å². The van der Waals surface area contributed by atoms with E-state index in [0.717, 1.165) is 29.6 Å². The fourth-order valence-electron chi connectivity index (χ4n) is 6.83. The van der Waals surface area contributed by atoms with Crippen LogP contribution in [0.3, 0.4) is 0 Å². The van der Waals surface area contributed by atoms with Gasteiger partial charge in [0.15, 0.2) is 0 Å². The molecule has 2 heterocycles. The molecule has 0 fully saturated rings. The van der Waals surface area contributed by atoms with Crippen molar-refractivity contribution in [1.29, 1.82) is 0 Å². The lowest BCUT2D eigenvalue weighted by atomic mass is 9.86. The molecule has 0 saturated heterocycles. The van der Waals surface area contributed by atoms with Gasteiger partial charge in [-0.1, -0.05) is 72.8 Å². The first-order valence-electron chi connectivity index (χ1n) is 14.4. The summed E-state index contributed by atoms with van der Waals surface area (Å²) in [4.78, 5) is 8.69. The molecule has 0 atom stereocenters. The molecule has 6 aromatic rings. The Bertz CT molecular complexity index is 2010. The van der Waals surface area contributed by atoms with Crippen LogP contribution >= 0.6 is 0 Å². The van der Waals surface area contributed by atoms with Crippen LogP contribution in [-0.2, 0) is 0 Å². The van der Waals surface area contributed by atoms with E-state index >= 15 is 0 Å². The molecule has 0 radical (unpaired) electrons. The third kappa shape index (κ3) is 3.59. The highest BCUT2D eigenvalue weighted by Crippen LogP contribution is 2.59. The summed E-state index contributed by atoms with van der Waals surface area (Å²) in [5, 5.41) is 2.48. The number of fused-ring (bicyclic) bond motifs is 6. The van der Waals surface area contributed by atoms with Gasteiger partial charge in [0.05, 0.1) is 22.7 Å². The van der Waals surface area contributed by atoms with Gasteiger partial charge in [-0.3, -0.25) is 0 Å². The van der Waals surface area contributed by atoms with Gasteiger partial charge in [-0.15, -0.1) is 0 Å². The van der Waals surface area contributed by atoms with E-state index < -0.39 is 0 Å². The molecule has 41 heavy (non-hydrogen) atoms. The van der Waals surface area contributed by atoms with Gasteiger partial charge in [-0.25, -0.2) is 0 Å². The minimum atomic E-state index is 1.04. The number of benzene rings is 5. The van der Waals surface area contributed by atoms with Gasteiger partial charge in [0.2, 0.25) is 0 Å². The highest BCUT2D eigenvalue weighted by Gasteiger charge is 2.36. The van der Waals surface area contributed by atoms with Crippen LogP contribution in [0.2, 0.25) is 0 Å². The maximum atomic E-state index is 3.70. The number of aromatic nitrogens is 1. The fraction of sp³-hybridized carbons (Fsp3) is 0.105. The number of nitrogens with one attached hydrogen (secondary N) is 1. The van der Waals surface area contributed by atoms with Crippen molar-refractivity contribution in [2.45, 2.75) is 26.7 Å². The Morgan fingerprint density at radius 2 is 1.24 bits per heavy atom. The summed E-state index contributed by atoms with van der Waals surface area (Å²) in [6, 6.07) is 39.5. The fourth-order valence-corrected chi connectivity index (χ4v) is 6.83. The van der Waals surface area contributed by atoms with Crippen molar-refractivity contribution in [3.05, 3.63) is 138 Å². The summed E-state index contributed by atoms with van der Waals surface area (Å²) in [6.07, 6.45) is 6.71. The lowest BCUT2D eigenvalue weighted by Crippen LogP contribution is -2.26. The highest BCUT2D eigenvalue weighted by atomic mass is 15.3. The monoisotopic (exact) mass is 529 g/mol. The number of para-hydroxylation sites is 3. The van der Waals surface area contributed by atoms with Gasteiger partial charge in [0.1, 0.15) is 0 Å². The van der Waals surface area contributed by atoms with E-state index in [2.05, 4.69) is 150 Å². The molecule has 198 valence electrons. The predicted molar refractivity (Wildman–Crippen MR) is 174 cm³/mol. The lowest BCUT2D eigenvalue weighted by molar-refractivity contribution is 1.03. The zero-order valence-electron chi connectivity index (χ0n) is 23.4. The molecular formula is C38H31N3. The average Bonchev–Trinajstić information content (AvgIpc) is 3.40. The Balaban J connectivity index is 1.56. The molecule has 0 saturated carbocycles. The molecule has 3 nitrogen and oxygen atoms in total. The normalized spacial score (nSPS) is 14.6. The van der Waals surface area contributed by atoms with Crippen LogP contribution in [0.15, 0.2) is 127 Å².